The molecule has 0 radical (unpaired) electrons. The molecule has 1 saturated carbocycles. The van der Waals surface area contributed by atoms with Crippen LogP contribution in [0.3, 0.4) is 0 Å². The second-order valence-electron chi connectivity index (χ2n) is 5.56. The highest BCUT2D eigenvalue weighted by Gasteiger charge is 2.32. The van der Waals surface area contributed by atoms with E-state index >= 15 is 0 Å². The number of nitrogens with one attached hydrogen (secondary N) is 1. The van der Waals surface area contributed by atoms with E-state index in [9.17, 15) is 9.90 Å². The Hall–Kier alpha value is -0.610. The van der Waals surface area contributed by atoms with Crippen LogP contribution in [0.25, 0.3) is 0 Å². The second kappa shape index (κ2) is 6.36. The van der Waals surface area contributed by atoms with Crippen molar-refractivity contribution in [2.75, 3.05) is 13.2 Å². The van der Waals surface area contributed by atoms with Gasteiger partial charge in [-0.2, -0.15) is 0 Å². The first-order chi connectivity index (χ1) is 7.91. The predicted molar refractivity (Wildman–Crippen MR) is 66.7 cm³/mol. The molecule has 2 N–H and O–H groups in total. The van der Waals surface area contributed by atoms with Gasteiger partial charge in [0.05, 0.1) is 11.7 Å². The summed E-state index contributed by atoms with van der Waals surface area (Å²) in [6.45, 7) is 6.35. The van der Waals surface area contributed by atoms with E-state index in [-0.39, 0.29) is 18.6 Å². The number of rotatable bonds is 5. The topological polar surface area (TPSA) is 58.6 Å². The van der Waals surface area contributed by atoms with Crippen molar-refractivity contribution in [1.29, 1.82) is 0 Å². The smallest absolute Gasteiger partial charge is 0.246 e. The lowest BCUT2D eigenvalue weighted by atomic mass is 9.79. The molecule has 2 atom stereocenters. The van der Waals surface area contributed by atoms with Crippen LogP contribution in [-0.2, 0) is 9.53 Å². The van der Waals surface area contributed by atoms with Crippen molar-refractivity contribution < 1.29 is 14.6 Å². The number of aliphatic hydroxyl groups is 1. The van der Waals surface area contributed by atoms with Crippen LogP contribution in [0.4, 0.5) is 0 Å². The van der Waals surface area contributed by atoms with Crippen LogP contribution in [0, 0.1) is 5.92 Å². The van der Waals surface area contributed by atoms with E-state index in [1.54, 1.807) is 0 Å². The minimum Gasteiger partial charge on any atom is -0.388 e. The van der Waals surface area contributed by atoms with Gasteiger partial charge in [0.2, 0.25) is 5.91 Å². The molecular weight excluding hydrogens is 218 g/mol. The highest BCUT2D eigenvalue weighted by molar-refractivity contribution is 5.77. The van der Waals surface area contributed by atoms with Crippen molar-refractivity contribution in [3.63, 3.8) is 0 Å². The third-order valence-corrected chi connectivity index (χ3v) is 3.23. The van der Waals surface area contributed by atoms with Crippen LogP contribution < -0.4 is 5.32 Å². The van der Waals surface area contributed by atoms with Gasteiger partial charge >= 0.3 is 0 Å². The van der Waals surface area contributed by atoms with Crippen LogP contribution in [0.2, 0.25) is 0 Å². The molecule has 1 rings (SSSR count). The summed E-state index contributed by atoms with van der Waals surface area (Å²) < 4.78 is 5.20. The van der Waals surface area contributed by atoms with Crippen molar-refractivity contribution in [2.45, 2.75) is 58.2 Å². The largest absolute Gasteiger partial charge is 0.388 e. The Morgan fingerprint density at radius 1 is 1.59 bits per heavy atom. The molecular formula is C13H25NO3. The maximum atomic E-state index is 11.5. The summed E-state index contributed by atoms with van der Waals surface area (Å²) >= 11 is 0. The van der Waals surface area contributed by atoms with Crippen molar-refractivity contribution >= 4 is 5.91 Å². The summed E-state index contributed by atoms with van der Waals surface area (Å²) in [6.07, 6.45) is 3.82. The fourth-order valence-electron chi connectivity index (χ4n) is 2.35. The molecule has 1 fully saturated rings. The number of ether oxygens (including phenoxy) is 1. The number of hydrogen-bond donors (Lipinski definition) is 2. The number of amides is 1. The number of hydrogen-bond acceptors (Lipinski definition) is 3. The summed E-state index contributed by atoms with van der Waals surface area (Å²) in [5.41, 5.74) is -0.717. The summed E-state index contributed by atoms with van der Waals surface area (Å²) in [5, 5.41) is 13.1. The molecule has 100 valence electrons. The molecule has 0 aromatic carbocycles. The van der Waals surface area contributed by atoms with Crippen LogP contribution in [-0.4, -0.2) is 35.9 Å². The van der Waals surface area contributed by atoms with Gasteiger partial charge in [0, 0.05) is 6.54 Å². The molecule has 1 aliphatic carbocycles. The fourth-order valence-corrected chi connectivity index (χ4v) is 2.35. The monoisotopic (exact) mass is 243 g/mol. The third kappa shape index (κ3) is 5.50. The summed E-state index contributed by atoms with van der Waals surface area (Å²) in [7, 11) is 0. The van der Waals surface area contributed by atoms with Crippen LogP contribution in [0.5, 0.6) is 0 Å². The predicted octanol–water partition coefficient (Wildman–Crippen LogP) is 1.47. The average Bonchev–Trinajstić information content (AvgIpc) is 2.23. The van der Waals surface area contributed by atoms with E-state index in [2.05, 4.69) is 12.2 Å². The SMILES string of the molecule is CC1CCCC(O)(CNC(=O)COC(C)C)C1. The quantitative estimate of drug-likeness (QED) is 0.768. The maximum absolute atomic E-state index is 11.5. The lowest BCUT2D eigenvalue weighted by Crippen LogP contribution is -2.46. The molecule has 0 saturated heterocycles. The molecule has 0 bridgehead atoms. The molecule has 17 heavy (non-hydrogen) atoms. The zero-order valence-electron chi connectivity index (χ0n) is 11.2. The molecule has 0 aliphatic heterocycles. The molecule has 4 heteroatoms. The lowest BCUT2D eigenvalue weighted by molar-refractivity contribution is -0.128. The van der Waals surface area contributed by atoms with Crippen molar-refractivity contribution in [2.24, 2.45) is 5.92 Å². The van der Waals surface area contributed by atoms with Crippen molar-refractivity contribution in [3.8, 4) is 0 Å². The minimum atomic E-state index is -0.717. The highest BCUT2D eigenvalue weighted by Crippen LogP contribution is 2.31. The standard InChI is InChI=1S/C13H25NO3/c1-10(2)17-8-12(15)14-9-13(16)6-4-5-11(3)7-13/h10-11,16H,4-9H2,1-3H3,(H,14,15). The molecule has 1 amide bonds. The zero-order chi connectivity index (χ0) is 12.9. The van der Waals surface area contributed by atoms with Crippen molar-refractivity contribution in [3.05, 3.63) is 0 Å². The summed E-state index contributed by atoms with van der Waals surface area (Å²) in [4.78, 5) is 11.5. The number of carbonyl (C=O) groups excluding carboxylic acids is 1. The van der Waals surface area contributed by atoms with E-state index in [0.717, 1.165) is 19.3 Å². The van der Waals surface area contributed by atoms with E-state index in [4.69, 9.17) is 4.74 Å². The maximum Gasteiger partial charge on any atom is 0.246 e. The summed E-state index contributed by atoms with van der Waals surface area (Å²) in [5.74, 6) is 0.392. The molecule has 0 aromatic heterocycles. The Morgan fingerprint density at radius 2 is 2.29 bits per heavy atom. The Balaban J connectivity index is 2.26. The van der Waals surface area contributed by atoms with E-state index in [1.807, 2.05) is 13.8 Å². The van der Waals surface area contributed by atoms with Crippen LogP contribution in [0.1, 0.15) is 46.5 Å². The lowest BCUT2D eigenvalue weighted by Gasteiger charge is -2.35. The van der Waals surface area contributed by atoms with Gasteiger partial charge in [0.1, 0.15) is 6.61 Å². The van der Waals surface area contributed by atoms with E-state index < -0.39 is 5.60 Å². The Bertz CT molecular complexity index is 255. The van der Waals surface area contributed by atoms with Gasteiger partial charge < -0.3 is 15.2 Å². The second-order valence-corrected chi connectivity index (χ2v) is 5.56. The Kier molecular flexibility index (Phi) is 5.40. The molecule has 0 heterocycles. The van der Waals surface area contributed by atoms with Gasteiger partial charge in [-0.25, -0.2) is 0 Å². The van der Waals surface area contributed by atoms with Crippen LogP contribution >= 0.6 is 0 Å². The van der Waals surface area contributed by atoms with Crippen LogP contribution in [0.15, 0.2) is 0 Å². The van der Waals surface area contributed by atoms with E-state index in [1.165, 1.54) is 6.42 Å². The highest BCUT2D eigenvalue weighted by atomic mass is 16.5. The first kappa shape index (κ1) is 14.5. The van der Waals surface area contributed by atoms with Gasteiger partial charge in [-0.1, -0.05) is 19.8 Å². The van der Waals surface area contributed by atoms with Gasteiger partial charge in [-0.3, -0.25) is 4.79 Å². The van der Waals surface area contributed by atoms with Gasteiger partial charge in [0.15, 0.2) is 0 Å². The summed E-state index contributed by atoms with van der Waals surface area (Å²) in [6, 6.07) is 0. The minimum absolute atomic E-state index is 0.0542. The zero-order valence-corrected chi connectivity index (χ0v) is 11.2. The molecule has 0 aromatic rings. The molecule has 2 unspecified atom stereocenters. The van der Waals surface area contributed by atoms with Gasteiger partial charge in [-0.05, 0) is 32.6 Å². The molecule has 1 aliphatic rings. The number of carbonyl (C=O) groups is 1. The molecule has 4 nitrogen and oxygen atoms in total. The van der Waals surface area contributed by atoms with Crippen molar-refractivity contribution in [1.82, 2.24) is 5.32 Å². The first-order valence-corrected chi connectivity index (χ1v) is 6.52. The first-order valence-electron chi connectivity index (χ1n) is 6.52. The normalized spacial score (nSPS) is 29.4. The Labute approximate surface area is 104 Å². The third-order valence-electron chi connectivity index (χ3n) is 3.23. The average molecular weight is 243 g/mol. The fraction of sp³-hybridized carbons (Fsp3) is 0.923. The Morgan fingerprint density at radius 3 is 2.88 bits per heavy atom. The van der Waals surface area contributed by atoms with Gasteiger partial charge in [0.25, 0.3) is 0 Å². The van der Waals surface area contributed by atoms with Gasteiger partial charge in [-0.15, -0.1) is 0 Å². The molecule has 0 spiro atoms. The van der Waals surface area contributed by atoms with E-state index in [0.29, 0.717) is 12.5 Å².